The van der Waals surface area contributed by atoms with Crippen molar-refractivity contribution in [3.8, 4) is 5.75 Å². The van der Waals surface area contributed by atoms with Gasteiger partial charge in [-0.15, -0.1) is 0 Å². The van der Waals surface area contributed by atoms with E-state index in [4.69, 9.17) is 21.1 Å². The molecular weight excluding hydrogens is 334 g/mol. The lowest BCUT2D eigenvalue weighted by atomic mass is 9.94. The van der Waals surface area contributed by atoms with E-state index < -0.39 is 11.9 Å². The van der Waals surface area contributed by atoms with E-state index in [2.05, 4.69) is 0 Å². The summed E-state index contributed by atoms with van der Waals surface area (Å²) in [5.41, 5.74) is 0.884. The van der Waals surface area contributed by atoms with Crippen LogP contribution >= 0.6 is 11.6 Å². The number of carboxylic acid groups (broad SMARTS) is 1. The topological polar surface area (TPSA) is 76.1 Å². The van der Waals surface area contributed by atoms with E-state index in [9.17, 15) is 14.7 Å². The molecule has 3 rings (SSSR count). The van der Waals surface area contributed by atoms with Crippen LogP contribution in [-0.4, -0.2) is 54.3 Å². The highest BCUT2D eigenvalue weighted by molar-refractivity contribution is 6.30. The number of carbonyl (C=O) groups excluding carboxylic acids is 1. The van der Waals surface area contributed by atoms with Crippen LogP contribution in [0.15, 0.2) is 18.2 Å². The van der Waals surface area contributed by atoms with Gasteiger partial charge >= 0.3 is 5.97 Å². The maximum atomic E-state index is 12.9. The van der Waals surface area contributed by atoms with Gasteiger partial charge in [0.15, 0.2) is 0 Å². The van der Waals surface area contributed by atoms with Crippen molar-refractivity contribution in [1.29, 1.82) is 0 Å². The SMILES string of the molecule is O=C(O)CN(C(=O)[C@@H]1COc2ccc(Cl)cc2C1)C1CCOCC1. The van der Waals surface area contributed by atoms with Gasteiger partial charge in [0.2, 0.25) is 5.91 Å². The first-order chi connectivity index (χ1) is 11.5. The molecule has 0 spiro atoms. The highest BCUT2D eigenvalue weighted by Gasteiger charge is 2.34. The number of fused-ring (bicyclic) bond motifs is 1. The number of amides is 1. The lowest BCUT2D eigenvalue weighted by Gasteiger charge is -2.36. The molecule has 1 saturated heterocycles. The minimum absolute atomic E-state index is 0.0943. The molecule has 130 valence electrons. The number of hydrogen-bond acceptors (Lipinski definition) is 4. The number of benzene rings is 1. The summed E-state index contributed by atoms with van der Waals surface area (Å²) < 4.78 is 11.0. The molecule has 1 amide bonds. The summed E-state index contributed by atoms with van der Waals surface area (Å²) in [6, 6.07) is 5.25. The summed E-state index contributed by atoms with van der Waals surface area (Å²) >= 11 is 6.01. The predicted molar refractivity (Wildman–Crippen MR) is 87.3 cm³/mol. The van der Waals surface area contributed by atoms with E-state index >= 15 is 0 Å². The number of aliphatic carboxylic acids is 1. The van der Waals surface area contributed by atoms with Gasteiger partial charge in [-0.25, -0.2) is 0 Å². The molecule has 0 aliphatic carbocycles. The third-order valence-corrected chi connectivity index (χ3v) is 4.73. The van der Waals surface area contributed by atoms with Crippen LogP contribution < -0.4 is 4.74 Å². The number of nitrogens with zero attached hydrogens (tertiary/aromatic N) is 1. The fraction of sp³-hybridized carbons (Fsp3) is 0.529. The Morgan fingerprint density at radius 1 is 1.29 bits per heavy atom. The van der Waals surface area contributed by atoms with Crippen molar-refractivity contribution in [2.45, 2.75) is 25.3 Å². The van der Waals surface area contributed by atoms with E-state index in [-0.39, 0.29) is 25.1 Å². The zero-order chi connectivity index (χ0) is 17.1. The van der Waals surface area contributed by atoms with Crippen LogP contribution in [0.3, 0.4) is 0 Å². The van der Waals surface area contributed by atoms with Crippen molar-refractivity contribution in [3.05, 3.63) is 28.8 Å². The molecule has 0 aromatic heterocycles. The minimum Gasteiger partial charge on any atom is -0.492 e. The molecule has 1 fully saturated rings. The van der Waals surface area contributed by atoms with Gasteiger partial charge in [-0.3, -0.25) is 9.59 Å². The monoisotopic (exact) mass is 353 g/mol. The lowest BCUT2D eigenvalue weighted by molar-refractivity contribution is -0.150. The first-order valence-corrected chi connectivity index (χ1v) is 8.43. The Kier molecular flexibility index (Phi) is 5.26. The molecular formula is C17H20ClNO5. The maximum Gasteiger partial charge on any atom is 0.323 e. The third-order valence-electron chi connectivity index (χ3n) is 4.50. The van der Waals surface area contributed by atoms with Gasteiger partial charge in [0.05, 0.1) is 5.92 Å². The average Bonchev–Trinajstić information content (AvgIpc) is 2.59. The van der Waals surface area contributed by atoms with E-state index in [1.54, 1.807) is 18.2 Å². The van der Waals surface area contributed by atoms with Crippen molar-refractivity contribution >= 4 is 23.5 Å². The molecule has 24 heavy (non-hydrogen) atoms. The van der Waals surface area contributed by atoms with Gasteiger partial charge in [0.25, 0.3) is 0 Å². The van der Waals surface area contributed by atoms with Crippen LogP contribution in [0.1, 0.15) is 18.4 Å². The Hall–Kier alpha value is -1.79. The lowest BCUT2D eigenvalue weighted by Crippen LogP contribution is -2.50. The zero-order valence-electron chi connectivity index (χ0n) is 13.2. The van der Waals surface area contributed by atoms with Gasteiger partial charge in [0, 0.05) is 24.3 Å². The molecule has 1 atom stereocenters. The summed E-state index contributed by atoms with van der Waals surface area (Å²) in [6.45, 7) is 1.07. The van der Waals surface area contributed by atoms with Crippen molar-refractivity contribution in [2.75, 3.05) is 26.4 Å². The van der Waals surface area contributed by atoms with Crippen molar-refractivity contribution < 1.29 is 24.2 Å². The standard InChI is InChI=1S/C17H20ClNO5/c18-13-1-2-15-11(8-13)7-12(10-24-15)17(22)19(9-16(20)21)14-3-5-23-6-4-14/h1-2,8,12,14H,3-7,9-10H2,(H,20,21)/t12-/m0/s1. The summed E-state index contributed by atoms with van der Waals surface area (Å²) in [4.78, 5) is 25.6. The summed E-state index contributed by atoms with van der Waals surface area (Å²) in [6.07, 6.45) is 1.83. The Balaban J connectivity index is 1.76. The van der Waals surface area contributed by atoms with Crippen molar-refractivity contribution in [2.24, 2.45) is 5.92 Å². The predicted octanol–water partition coefficient (Wildman–Crippen LogP) is 1.98. The van der Waals surface area contributed by atoms with E-state index in [1.807, 2.05) is 0 Å². The van der Waals surface area contributed by atoms with Crippen LogP contribution in [0, 0.1) is 5.92 Å². The van der Waals surface area contributed by atoms with Gasteiger partial charge in [-0.05, 0) is 43.0 Å². The number of ether oxygens (including phenoxy) is 2. The van der Waals surface area contributed by atoms with E-state index in [1.165, 1.54) is 4.90 Å². The second kappa shape index (κ2) is 7.40. The number of halogens is 1. The highest BCUT2D eigenvalue weighted by atomic mass is 35.5. The smallest absolute Gasteiger partial charge is 0.323 e. The largest absolute Gasteiger partial charge is 0.492 e. The molecule has 0 saturated carbocycles. The van der Waals surface area contributed by atoms with Gasteiger partial charge < -0.3 is 19.5 Å². The highest BCUT2D eigenvalue weighted by Crippen LogP contribution is 2.31. The minimum atomic E-state index is -1.00. The maximum absolute atomic E-state index is 12.9. The molecule has 2 heterocycles. The number of carbonyl (C=O) groups is 2. The third kappa shape index (κ3) is 3.82. The molecule has 6 nitrogen and oxygen atoms in total. The van der Waals surface area contributed by atoms with E-state index in [0.29, 0.717) is 37.5 Å². The fourth-order valence-electron chi connectivity index (χ4n) is 3.29. The average molecular weight is 354 g/mol. The molecule has 7 heteroatoms. The fourth-order valence-corrected chi connectivity index (χ4v) is 3.48. The first-order valence-electron chi connectivity index (χ1n) is 8.06. The van der Waals surface area contributed by atoms with E-state index in [0.717, 1.165) is 11.3 Å². The molecule has 0 bridgehead atoms. The molecule has 1 aromatic carbocycles. The molecule has 0 radical (unpaired) electrons. The van der Waals surface area contributed by atoms with Crippen LogP contribution in [-0.2, 0) is 20.7 Å². The Morgan fingerprint density at radius 3 is 2.75 bits per heavy atom. The second-order valence-corrected chi connectivity index (χ2v) is 6.60. The van der Waals surface area contributed by atoms with Gasteiger partial charge in [-0.2, -0.15) is 0 Å². The Bertz CT molecular complexity index is 629. The van der Waals surface area contributed by atoms with Crippen molar-refractivity contribution in [3.63, 3.8) is 0 Å². The molecule has 1 N–H and O–H groups in total. The Labute approximate surface area is 145 Å². The van der Waals surface area contributed by atoms with Gasteiger partial charge in [-0.1, -0.05) is 11.6 Å². The zero-order valence-corrected chi connectivity index (χ0v) is 14.0. The summed E-state index contributed by atoms with van der Waals surface area (Å²) in [5, 5.41) is 9.78. The second-order valence-electron chi connectivity index (χ2n) is 6.17. The normalized spacial score (nSPS) is 20.8. The quantitative estimate of drug-likeness (QED) is 0.895. The van der Waals surface area contributed by atoms with Crippen LogP contribution in [0.2, 0.25) is 5.02 Å². The molecule has 2 aliphatic heterocycles. The van der Waals surface area contributed by atoms with Crippen LogP contribution in [0.4, 0.5) is 0 Å². The number of rotatable bonds is 4. The molecule has 0 unspecified atom stereocenters. The number of carboxylic acids is 1. The van der Waals surface area contributed by atoms with Crippen LogP contribution in [0.25, 0.3) is 0 Å². The number of hydrogen-bond donors (Lipinski definition) is 1. The molecule has 1 aromatic rings. The Morgan fingerprint density at radius 2 is 2.04 bits per heavy atom. The van der Waals surface area contributed by atoms with Gasteiger partial charge in [0.1, 0.15) is 18.9 Å². The van der Waals surface area contributed by atoms with Crippen LogP contribution in [0.5, 0.6) is 5.75 Å². The summed E-state index contributed by atoms with van der Waals surface area (Å²) in [5.74, 6) is -0.831. The first kappa shape index (κ1) is 17.0. The van der Waals surface area contributed by atoms with Crippen molar-refractivity contribution in [1.82, 2.24) is 4.90 Å². The molecule has 2 aliphatic rings. The summed E-state index contributed by atoms with van der Waals surface area (Å²) in [7, 11) is 0.